The van der Waals surface area contributed by atoms with Crippen LogP contribution >= 0.6 is 24.0 Å². The molecule has 0 atom stereocenters. The summed E-state index contributed by atoms with van der Waals surface area (Å²) in [5.74, 6) is 1.22. The lowest BCUT2D eigenvalue weighted by Crippen LogP contribution is -2.27. The molecule has 1 heterocycles. The third kappa shape index (κ3) is 3.72. The molecule has 0 aliphatic carbocycles. The van der Waals surface area contributed by atoms with Gasteiger partial charge in [0.1, 0.15) is 11.5 Å². The number of ether oxygens (including phenoxy) is 3. The van der Waals surface area contributed by atoms with E-state index in [2.05, 4.69) is 0 Å². The molecule has 1 aliphatic heterocycles. The number of anilines is 1. The van der Waals surface area contributed by atoms with E-state index in [1.54, 1.807) is 43.5 Å². The van der Waals surface area contributed by atoms with Gasteiger partial charge in [-0.25, -0.2) is 0 Å². The first kappa shape index (κ1) is 19.1. The third-order valence-corrected chi connectivity index (χ3v) is 5.23. The van der Waals surface area contributed by atoms with E-state index in [0.717, 1.165) is 0 Å². The van der Waals surface area contributed by atoms with E-state index >= 15 is 0 Å². The van der Waals surface area contributed by atoms with Gasteiger partial charge < -0.3 is 19.3 Å². The Balaban J connectivity index is 1.96. The Labute approximate surface area is 166 Å². The van der Waals surface area contributed by atoms with Crippen LogP contribution in [0.2, 0.25) is 0 Å². The monoisotopic (exact) mass is 403 g/mol. The second kappa shape index (κ2) is 7.89. The minimum absolute atomic E-state index is 0.0326. The number of benzene rings is 2. The first-order chi connectivity index (χ1) is 13.0. The van der Waals surface area contributed by atoms with Crippen molar-refractivity contribution in [1.82, 2.24) is 0 Å². The second-order valence-corrected chi connectivity index (χ2v) is 7.16. The topological polar surface area (TPSA) is 68.2 Å². The maximum Gasteiger partial charge on any atom is 0.270 e. The number of hydrogen-bond donors (Lipinski definition) is 1. The number of rotatable bonds is 5. The molecule has 6 nitrogen and oxygen atoms in total. The lowest BCUT2D eigenvalue weighted by atomic mass is 10.2. The first-order valence-corrected chi connectivity index (χ1v) is 9.08. The zero-order valence-electron chi connectivity index (χ0n) is 14.9. The molecule has 3 rings (SSSR count). The van der Waals surface area contributed by atoms with Crippen LogP contribution in [0.25, 0.3) is 6.08 Å². The van der Waals surface area contributed by atoms with Crippen LogP contribution in [0.15, 0.2) is 41.3 Å². The summed E-state index contributed by atoms with van der Waals surface area (Å²) in [5.41, 5.74) is 1.26. The van der Waals surface area contributed by atoms with Crippen LogP contribution in [0.1, 0.15) is 5.56 Å². The molecule has 1 saturated heterocycles. The summed E-state index contributed by atoms with van der Waals surface area (Å²) < 4.78 is 16.1. The summed E-state index contributed by atoms with van der Waals surface area (Å²) in [6.07, 6.45) is 1.71. The number of nitrogens with zero attached hydrogens (tertiary/aromatic N) is 1. The molecule has 0 aromatic heterocycles. The molecule has 2 aromatic carbocycles. The molecule has 0 unspecified atom stereocenters. The number of phenols is 1. The molecular formula is C19H17NO5S2. The molecule has 1 N–H and O–H groups in total. The Hall–Kier alpha value is -2.71. The highest BCUT2D eigenvalue weighted by atomic mass is 32.2. The molecule has 1 amide bonds. The summed E-state index contributed by atoms with van der Waals surface area (Å²) in [6, 6.07) is 10.0. The van der Waals surface area contributed by atoms with Crippen LogP contribution in [0, 0.1) is 0 Å². The smallest absolute Gasteiger partial charge is 0.270 e. The van der Waals surface area contributed by atoms with Crippen molar-refractivity contribution in [3.63, 3.8) is 0 Å². The number of amides is 1. The van der Waals surface area contributed by atoms with Crippen LogP contribution in [-0.2, 0) is 4.79 Å². The number of aromatic hydroxyl groups is 1. The summed E-state index contributed by atoms with van der Waals surface area (Å²) in [6.45, 7) is 0. The Morgan fingerprint density at radius 3 is 2.44 bits per heavy atom. The molecule has 0 radical (unpaired) electrons. The zero-order chi connectivity index (χ0) is 19.6. The van der Waals surface area contributed by atoms with E-state index in [9.17, 15) is 9.90 Å². The van der Waals surface area contributed by atoms with Crippen molar-refractivity contribution in [2.75, 3.05) is 26.2 Å². The molecule has 27 heavy (non-hydrogen) atoms. The van der Waals surface area contributed by atoms with Crippen LogP contribution in [0.3, 0.4) is 0 Å². The van der Waals surface area contributed by atoms with Crippen molar-refractivity contribution in [1.29, 1.82) is 0 Å². The minimum atomic E-state index is -0.250. The van der Waals surface area contributed by atoms with E-state index in [1.165, 1.54) is 36.9 Å². The van der Waals surface area contributed by atoms with E-state index in [-0.39, 0.29) is 11.7 Å². The summed E-state index contributed by atoms with van der Waals surface area (Å²) >= 11 is 6.60. The van der Waals surface area contributed by atoms with Crippen LogP contribution in [0.5, 0.6) is 23.0 Å². The molecule has 0 bridgehead atoms. The van der Waals surface area contributed by atoms with Crippen molar-refractivity contribution in [2.24, 2.45) is 0 Å². The van der Waals surface area contributed by atoms with Crippen molar-refractivity contribution in [2.45, 2.75) is 0 Å². The van der Waals surface area contributed by atoms with Gasteiger partial charge in [-0.1, -0.05) is 30.0 Å². The Kier molecular flexibility index (Phi) is 5.57. The fourth-order valence-corrected chi connectivity index (χ4v) is 3.87. The molecule has 1 aliphatic rings. The summed E-state index contributed by atoms with van der Waals surface area (Å²) in [7, 11) is 4.55. The van der Waals surface area contributed by atoms with E-state index in [4.69, 9.17) is 26.4 Å². The number of carbonyl (C=O) groups is 1. The standard InChI is InChI=1S/C19H17NO5S2/c1-23-12-5-6-13(15(10-12)24-2)20-18(22)17(27-19(20)26)9-11-4-7-14(21)16(8-11)25-3/h4-10,21H,1-3H3. The van der Waals surface area contributed by atoms with Gasteiger partial charge in [-0.15, -0.1) is 0 Å². The van der Waals surface area contributed by atoms with Gasteiger partial charge in [0, 0.05) is 6.07 Å². The molecule has 1 fully saturated rings. The quantitative estimate of drug-likeness (QED) is 0.601. The first-order valence-electron chi connectivity index (χ1n) is 7.85. The lowest BCUT2D eigenvalue weighted by Gasteiger charge is -2.18. The second-order valence-electron chi connectivity index (χ2n) is 5.49. The SMILES string of the molecule is COc1ccc(N2C(=O)C(=Cc3ccc(O)c(OC)c3)SC2=S)c(OC)c1. The zero-order valence-corrected chi connectivity index (χ0v) is 16.5. The van der Waals surface area contributed by atoms with Crippen molar-refractivity contribution in [3.05, 3.63) is 46.9 Å². The van der Waals surface area contributed by atoms with Gasteiger partial charge in [0.2, 0.25) is 0 Å². The van der Waals surface area contributed by atoms with Crippen molar-refractivity contribution in [3.8, 4) is 23.0 Å². The van der Waals surface area contributed by atoms with Crippen LogP contribution in [-0.4, -0.2) is 36.7 Å². The molecule has 140 valence electrons. The molecule has 0 spiro atoms. The largest absolute Gasteiger partial charge is 0.504 e. The number of thiocarbonyl (C=S) groups is 1. The summed E-state index contributed by atoms with van der Waals surface area (Å²) in [5, 5.41) is 9.71. The fourth-order valence-electron chi connectivity index (χ4n) is 2.58. The Morgan fingerprint density at radius 2 is 1.78 bits per heavy atom. The molecule has 0 saturated carbocycles. The van der Waals surface area contributed by atoms with E-state index in [1.807, 2.05) is 0 Å². The molecule has 8 heteroatoms. The van der Waals surface area contributed by atoms with Crippen molar-refractivity contribution < 1.29 is 24.1 Å². The number of phenolic OH excluding ortho intramolecular Hbond substituents is 1. The number of carbonyl (C=O) groups excluding carboxylic acids is 1. The lowest BCUT2D eigenvalue weighted by molar-refractivity contribution is -0.113. The Morgan fingerprint density at radius 1 is 1.04 bits per heavy atom. The average Bonchev–Trinajstić information content (AvgIpc) is 2.95. The van der Waals surface area contributed by atoms with Gasteiger partial charge >= 0.3 is 0 Å². The fraction of sp³-hybridized carbons (Fsp3) is 0.158. The van der Waals surface area contributed by atoms with Gasteiger partial charge in [0.25, 0.3) is 5.91 Å². The van der Waals surface area contributed by atoms with E-state index < -0.39 is 0 Å². The highest BCUT2D eigenvalue weighted by Gasteiger charge is 2.35. The highest BCUT2D eigenvalue weighted by Crippen LogP contribution is 2.41. The predicted octanol–water partition coefficient (Wildman–Crippen LogP) is 3.82. The maximum atomic E-state index is 12.9. The van der Waals surface area contributed by atoms with Crippen LogP contribution in [0.4, 0.5) is 5.69 Å². The van der Waals surface area contributed by atoms with Gasteiger partial charge in [-0.05, 0) is 35.9 Å². The van der Waals surface area contributed by atoms with Crippen molar-refractivity contribution >= 4 is 46.0 Å². The van der Waals surface area contributed by atoms with Gasteiger partial charge in [-0.3, -0.25) is 9.69 Å². The normalized spacial score (nSPS) is 15.4. The van der Waals surface area contributed by atoms with Gasteiger partial charge in [-0.2, -0.15) is 0 Å². The van der Waals surface area contributed by atoms with Gasteiger partial charge in [0.05, 0.1) is 31.9 Å². The Bertz CT molecular complexity index is 942. The van der Waals surface area contributed by atoms with Crippen LogP contribution < -0.4 is 19.1 Å². The summed E-state index contributed by atoms with van der Waals surface area (Å²) in [4.78, 5) is 14.8. The maximum absolute atomic E-state index is 12.9. The molecular weight excluding hydrogens is 386 g/mol. The third-order valence-electron chi connectivity index (χ3n) is 3.92. The van der Waals surface area contributed by atoms with E-state index in [0.29, 0.717) is 37.7 Å². The minimum Gasteiger partial charge on any atom is -0.504 e. The van der Waals surface area contributed by atoms with Gasteiger partial charge in [0.15, 0.2) is 15.8 Å². The predicted molar refractivity (Wildman–Crippen MR) is 110 cm³/mol. The number of thioether (sulfide) groups is 1. The number of methoxy groups -OCH3 is 3. The molecule has 2 aromatic rings. The average molecular weight is 403 g/mol. The highest BCUT2D eigenvalue weighted by molar-refractivity contribution is 8.27. The number of hydrogen-bond acceptors (Lipinski definition) is 7.